The zero-order chi connectivity index (χ0) is 15.9. The lowest BCUT2D eigenvalue weighted by molar-refractivity contribution is -0.162. The minimum Gasteiger partial charge on any atom is -0.497 e. The molecule has 0 spiro atoms. The van der Waals surface area contributed by atoms with Crippen LogP contribution in [0.3, 0.4) is 0 Å². The second-order valence-electron chi connectivity index (χ2n) is 4.95. The summed E-state index contributed by atoms with van der Waals surface area (Å²) in [6.07, 6.45) is 0. The first-order valence-corrected chi connectivity index (χ1v) is 6.56. The topological polar surface area (TPSA) is 29.5 Å². The van der Waals surface area contributed by atoms with Gasteiger partial charge in [-0.1, -0.05) is 12.1 Å². The van der Waals surface area contributed by atoms with Crippen LogP contribution in [0.1, 0.15) is 11.6 Å². The summed E-state index contributed by atoms with van der Waals surface area (Å²) in [6, 6.07) is 9.51. The molecule has 0 unspecified atom stereocenters. The molecule has 2 aromatic rings. The van der Waals surface area contributed by atoms with Gasteiger partial charge in [0.1, 0.15) is 17.6 Å². The molecule has 1 amide bonds. The van der Waals surface area contributed by atoms with Crippen molar-refractivity contribution >= 4 is 11.6 Å². The van der Waals surface area contributed by atoms with E-state index in [0.29, 0.717) is 11.4 Å². The zero-order valence-electron chi connectivity index (χ0n) is 11.6. The number of β-lactam (4-membered cyclic amide) rings is 1. The summed E-state index contributed by atoms with van der Waals surface area (Å²) in [7, 11) is 1.49. The number of methoxy groups -OCH3 is 1. The number of amides is 1. The van der Waals surface area contributed by atoms with Crippen LogP contribution in [0.25, 0.3) is 0 Å². The van der Waals surface area contributed by atoms with Crippen molar-refractivity contribution in [2.45, 2.75) is 12.0 Å². The Bertz CT molecular complexity index is 698. The molecule has 0 radical (unpaired) electrons. The summed E-state index contributed by atoms with van der Waals surface area (Å²) < 4.78 is 45.9. The summed E-state index contributed by atoms with van der Waals surface area (Å²) in [4.78, 5) is 12.8. The van der Waals surface area contributed by atoms with E-state index in [1.165, 1.54) is 31.4 Å². The molecule has 1 aliphatic rings. The largest absolute Gasteiger partial charge is 0.497 e. The summed E-state index contributed by atoms with van der Waals surface area (Å²) in [5.74, 6) is -4.74. The maximum atomic E-state index is 14.0. The molecule has 2 aromatic carbocycles. The maximum absolute atomic E-state index is 14.0. The van der Waals surface area contributed by atoms with Gasteiger partial charge in [-0.3, -0.25) is 9.69 Å². The Kier molecular flexibility index (Phi) is 3.31. The highest BCUT2D eigenvalue weighted by Crippen LogP contribution is 2.49. The fraction of sp³-hybridized carbons (Fsp3) is 0.188. The number of ether oxygens (including phenoxy) is 1. The Balaban J connectivity index is 1.98. The monoisotopic (exact) mass is 307 g/mol. The van der Waals surface area contributed by atoms with Gasteiger partial charge in [0.15, 0.2) is 0 Å². The van der Waals surface area contributed by atoms with Crippen molar-refractivity contribution in [3.63, 3.8) is 0 Å². The Labute approximate surface area is 124 Å². The lowest BCUT2D eigenvalue weighted by atomic mass is 9.89. The van der Waals surface area contributed by atoms with Crippen LogP contribution in [0.4, 0.5) is 18.9 Å². The third-order valence-corrected chi connectivity index (χ3v) is 3.64. The Morgan fingerprint density at radius 3 is 2.18 bits per heavy atom. The number of hydrogen-bond donors (Lipinski definition) is 0. The van der Waals surface area contributed by atoms with Gasteiger partial charge in [0.2, 0.25) is 0 Å². The number of halogens is 3. The second-order valence-corrected chi connectivity index (χ2v) is 4.95. The van der Waals surface area contributed by atoms with Crippen LogP contribution < -0.4 is 9.64 Å². The van der Waals surface area contributed by atoms with Gasteiger partial charge in [-0.05, 0) is 42.0 Å². The number of rotatable bonds is 3. The predicted molar refractivity (Wildman–Crippen MR) is 74.6 cm³/mol. The molecule has 1 atom stereocenters. The minimum absolute atomic E-state index is 0.182. The van der Waals surface area contributed by atoms with Gasteiger partial charge in [0, 0.05) is 5.69 Å². The molecule has 1 fully saturated rings. The molecule has 0 aromatic heterocycles. The highest BCUT2D eigenvalue weighted by atomic mass is 19.3. The fourth-order valence-corrected chi connectivity index (χ4v) is 2.50. The first kappa shape index (κ1) is 14.4. The second kappa shape index (κ2) is 5.05. The van der Waals surface area contributed by atoms with E-state index in [0.717, 1.165) is 17.0 Å². The normalized spacial score (nSPS) is 19.7. The van der Waals surface area contributed by atoms with Crippen LogP contribution in [0.2, 0.25) is 0 Å². The van der Waals surface area contributed by atoms with Crippen molar-refractivity contribution in [1.29, 1.82) is 0 Å². The Morgan fingerprint density at radius 1 is 1.05 bits per heavy atom. The summed E-state index contributed by atoms with van der Waals surface area (Å²) in [6.45, 7) is 0. The van der Waals surface area contributed by atoms with Crippen molar-refractivity contribution in [1.82, 2.24) is 0 Å². The Morgan fingerprint density at radius 2 is 1.64 bits per heavy atom. The molecule has 0 aliphatic carbocycles. The molecule has 22 heavy (non-hydrogen) atoms. The third-order valence-electron chi connectivity index (χ3n) is 3.64. The van der Waals surface area contributed by atoms with Crippen LogP contribution in [-0.4, -0.2) is 18.9 Å². The molecule has 1 saturated heterocycles. The van der Waals surface area contributed by atoms with E-state index in [2.05, 4.69) is 0 Å². The number of benzene rings is 2. The number of nitrogens with zero attached hydrogens (tertiary/aromatic N) is 1. The van der Waals surface area contributed by atoms with Crippen LogP contribution >= 0.6 is 0 Å². The van der Waals surface area contributed by atoms with Gasteiger partial charge in [-0.2, -0.15) is 8.78 Å². The van der Waals surface area contributed by atoms with Gasteiger partial charge in [0.05, 0.1) is 7.11 Å². The predicted octanol–water partition coefficient (Wildman–Crippen LogP) is 3.56. The molecule has 6 heteroatoms. The molecular formula is C16H12F3NO2. The third kappa shape index (κ3) is 2.11. The van der Waals surface area contributed by atoms with Gasteiger partial charge in [-0.25, -0.2) is 4.39 Å². The van der Waals surface area contributed by atoms with Crippen LogP contribution in [0.5, 0.6) is 5.75 Å². The van der Waals surface area contributed by atoms with E-state index >= 15 is 0 Å². The Hall–Kier alpha value is -2.50. The van der Waals surface area contributed by atoms with Crippen molar-refractivity contribution < 1.29 is 22.7 Å². The number of carbonyl (C=O) groups is 1. The molecule has 3 nitrogen and oxygen atoms in total. The molecule has 1 heterocycles. The van der Waals surface area contributed by atoms with E-state index in [9.17, 15) is 18.0 Å². The number of alkyl halides is 2. The first-order chi connectivity index (χ1) is 10.4. The molecule has 0 bridgehead atoms. The average Bonchev–Trinajstić information content (AvgIpc) is 2.53. The van der Waals surface area contributed by atoms with E-state index in [1.807, 2.05) is 0 Å². The molecule has 0 saturated carbocycles. The summed E-state index contributed by atoms with van der Waals surface area (Å²) in [5.41, 5.74) is 0.521. The lowest BCUT2D eigenvalue weighted by Gasteiger charge is -2.46. The molecular weight excluding hydrogens is 295 g/mol. The highest BCUT2D eigenvalue weighted by Gasteiger charge is 2.64. The van der Waals surface area contributed by atoms with Crippen molar-refractivity contribution in [2.75, 3.05) is 12.0 Å². The van der Waals surface area contributed by atoms with Crippen LogP contribution in [-0.2, 0) is 4.79 Å². The number of anilines is 1. The zero-order valence-corrected chi connectivity index (χ0v) is 11.6. The fourth-order valence-electron chi connectivity index (χ4n) is 2.50. The maximum Gasteiger partial charge on any atom is 0.349 e. The van der Waals surface area contributed by atoms with Gasteiger partial charge >= 0.3 is 11.8 Å². The minimum atomic E-state index is -3.50. The van der Waals surface area contributed by atoms with Crippen LogP contribution in [0.15, 0.2) is 48.5 Å². The standard InChI is InChI=1S/C16H12F3NO2/c1-22-13-8-6-12(7-9-13)20-14(16(18,19)15(20)21)10-2-4-11(17)5-3-10/h2-9,14H,1H3/t14-/m0/s1. The summed E-state index contributed by atoms with van der Waals surface area (Å²) >= 11 is 0. The number of carbonyl (C=O) groups excluding carboxylic acids is 1. The van der Waals surface area contributed by atoms with Gasteiger partial charge < -0.3 is 4.74 Å². The first-order valence-electron chi connectivity index (χ1n) is 6.56. The SMILES string of the molecule is COc1ccc(N2C(=O)C(F)(F)[C@@H]2c2ccc(F)cc2)cc1. The number of hydrogen-bond acceptors (Lipinski definition) is 2. The average molecular weight is 307 g/mol. The smallest absolute Gasteiger partial charge is 0.349 e. The molecule has 1 aliphatic heterocycles. The van der Waals surface area contributed by atoms with Crippen molar-refractivity contribution in [3.05, 3.63) is 59.9 Å². The van der Waals surface area contributed by atoms with E-state index < -0.39 is 23.7 Å². The van der Waals surface area contributed by atoms with E-state index in [-0.39, 0.29) is 5.56 Å². The van der Waals surface area contributed by atoms with E-state index in [4.69, 9.17) is 4.74 Å². The summed E-state index contributed by atoms with van der Waals surface area (Å²) in [5, 5.41) is 0. The van der Waals surface area contributed by atoms with Gasteiger partial charge in [0.25, 0.3) is 0 Å². The highest BCUT2D eigenvalue weighted by molar-refractivity contribution is 6.07. The van der Waals surface area contributed by atoms with Crippen LogP contribution in [0, 0.1) is 5.82 Å². The quantitative estimate of drug-likeness (QED) is 0.812. The molecule has 3 rings (SSSR count). The lowest BCUT2D eigenvalue weighted by Crippen LogP contribution is -2.64. The van der Waals surface area contributed by atoms with Crippen molar-refractivity contribution in [3.8, 4) is 5.75 Å². The van der Waals surface area contributed by atoms with Gasteiger partial charge in [-0.15, -0.1) is 0 Å². The molecule has 114 valence electrons. The van der Waals surface area contributed by atoms with Crippen molar-refractivity contribution in [2.24, 2.45) is 0 Å². The molecule has 0 N–H and O–H groups in total. The van der Waals surface area contributed by atoms with E-state index in [1.54, 1.807) is 12.1 Å².